The molecule has 0 saturated carbocycles. The first-order chi connectivity index (χ1) is 15.2. The van der Waals surface area contributed by atoms with Gasteiger partial charge in [0.15, 0.2) is 0 Å². The lowest BCUT2D eigenvalue weighted by molar-refractivity contribution is -0.133. The van der Waals surface area contributed by atoms with Gasteiger partial charge in [-0.25, -0.2) is 4.98 Å². The molecule has 8 heteroatoms. The van der Waals surface area contributed by atoms with Crippen LogP contribution in [0.4, 0.5) is 11.8 Å². The fourth-order valence-corrected chi connectivity index (χ4v) is 4.28. The summed E-state index contributed by atoms with van der Waals surface area (Å²) in [7, 11) is 0. The fraction of sp³-hybridized carbons (Fsp3) is 0.522. The smallest absolute Gasteiger partial charge is 0.236 e. The van der Waals surface area contributed by atoms with Gasteiger partial charge in [0.05, 0.1) is 6.54 Å². The van der Waals surface area contributed by atoms with Crippen LogP contribution in [0.15, 0.2) is 36.5 Å². The molecule has 166 valence electrons. The normalized spacial score (nSPS) is 17.6. The van der Waals surface area contributed by atoms with Gasteiger partial charge in [0, 0.05) is 57.0 Å². The maximum Gasteiger partial charge on any atom is 0.236 e. The fourth-order valence-electron chi connectivity index (χ4n) is 4.15. The molecule has 1 amide bonds. The maximum atomic E-state index is 12.5. The molecule has 0 unspecified atom stereocenters. The highest BCUT2D eigenvalue weighted by molar-refractivity contribution is 6.30. The summed E-state index contributed by atoms with van der Waals surface area (Å²) in [6, 6.07) is 9.86. The number of nitrogens with zero attached hydrogens (tertiary/aromatic N) is 5. The van der Waals surface area contributed by atoms with Crippen molar-refractivity contribution in [3.05, 3.63) is 47.1 Å². The van der Waals surface area contributed by atoms with Gasteiger partial charge in [0.1, 0.15) is 5.82 Å². The third-order valence-electron chi connectivity index (χ3n) is 6.01. The minimum Gasteiger partial charge on any atom is -0.354 e. The molecule has 0 atom stereocenters. The number of nitrogens with one attached hydrogen (secondary N) is 1. The first-order valence-corrected chi connectivity index (χ1v) is 11.6. The van der Waals surface area contributed by atoms with E-state index in [1.54, 1.807) is 6.20 Å². The quantitative estimate of drug-likeness (QED) is 0.711. The Morgan fingerprint density at radius 2 is 1.71 bits per heavy atom. The van der Waals surface area contributed by atoms with E-state index in [2.05, 4.69) is 20.1 Å². The molecule has 0 bridgehead atoms. The number of piperidine rings is 1. The third-order valence-corrected chi connectivity index (χ3v) is 6.27. The van der Waals surface area contributed by atoms with Crippen LogP contribution >= 0.6 is 11.6 Å². The number of amides is 1. The monoisotopic (exact) mass is 442 g/mol. The molecule has 1 N–H and O–H groups in total. The van der Waals surface area contributed by atoms with Crippen molar-refractivity contribution in [2.24, 2.45) is 0 Å². The lowest BCUT2D eigenvalue weighted by Gasteiger charge is -2.36. The predicted octanol–water partition coefficient (Wildman–Crippen LogP) is 2.92. The Balaban J connectivity index is 1.23. The number of anilines is 2. The highest BCUT2D eigenvalue weighted by Crippen LogP contribution is 2.16. The summed E-state index contributed by atoms with van der Waals surface area (Å²) in [6.07, 6.45) is 6.22. The zero-order valence-corrected chi connectivity index (χ0v) is 18.7. The highest BCUT2D eigenvalue weighted by atomic mass is 35.5. The molecule has 2 saturated heterocycles. The van der Waals surface area contributed by atoms with Gasteiger partial charge in [-0.3, -0.25) is 9.69 Å². The Labute approximate surface area is 189 Å². The van der Waals surface area contributed by atoms with Gasteiger partial charge in [-0.15, -0.1) is 0 Å². The molecule has 7 nitrogen and oxygen atoms in total. The van der Waals surface area contributed by atoms with Gasteiger partial charge in [0.25, 0.3) is 0 Å². The topological polar surface area (TPSA) is 64.6 Å². The molecule has 2 aliphatic rings. The van der Waals surface area contributed by atoms with Gasteiger partial charge in [-0.05, 0) is 49.4 Å². The Kier molecular flexibility index (Phi) is 7.59. The van der Waals surface area contributed by atoms with E-state index in [0.29, 0.717) is 12.5 Å². The molecule has 1 aromatic carbocycles. The molecule has 3 heterocycles. The lowest BCUT2D eigenvalue weighted by atomic mass is 10.1. The Morgan fingerprint density at radius 3 is 2.45 bits per heavy atom. The number of halogens is 1. The number of piperazine rings is 1. The minimum atomic E-state index is 0.280. The van der Waals surface area contributed by atoms with Gasteiger partial charge >= 0.3 is 0 Å². The summed E-state index contributed by atoms with van der Waals surface area (Å²) in [4.78, 5) is 28.1. The largest absolute Gasteiger partial charge is 0.354 e. The van der Waals surface area contributed by atoms with Crippen LogP contribution in [0.25, 0.3) is 0 Å². The van der Waals surface area contributed by atoms with Crippen LogP contribution in [0, 0.1) is 0 Å². The lowest BCUT2D eigenvalue weighted by Crippen LogP contribution is -2.50. The van der Waals surface area contributed by atoms with Gasteiger partial charge in [-0.2, -0.15) is 4.98 Å². The molecular formula is C23H31ClN6O. The minimum absolute atomic E-state index is 0.280. The summed E-state index contributed by atoms with van der Waals surface area (Å²) in [5.74, 6) is 1.86. The third kappa shape index (κ3) is 6.31. The molecule has 4 rings (SSSR count). The van der Waals surface area contributed by atoms with Crippen molar-refractivity contribution in [2.75, 3.05) is 62.6 Å². The Hall–Kier alpha value is -2.38. The highest BCUT2D eigenvalue weighted by Gasteiger charge is 2.23. The zero-order chi connectivity index (χ0) is 21.5. The van der Waals surface area contributed by atoms with E-state index in [-0.39, 0.29) is 5.91 Å². The second-order valence-corrected chi connectivity index (χ2v) is 8.68. The molecule has 0 radical (unpaired) electrons. The average Bonchev–Trinajstić information content (AvgIpc) is 2.82. The van der Waals surface area contributed by atoms with E-state index in [0.717, 1.165) is 75.9 Å². The molecule has 0 spiro atoms. The van der Waals surface area contributed by atoms with Crippen molar-refractivity contribution in [3.63, 3.8) is 0 Å². The van der Waals surface area contributed by atoms with Crippen molar-refractivity contribution in [1.29, 1.82) is 0 Å². The molecule has 2 aromatic rings. The standard InChI is InChI=1S/C23H31ClN6O/c24-20-6-4-19(5-7-20)8-10-25-23-26-11-9-21(27-23)29-16-14-28(15-17-29)18-22(31)30-12-2-1-3-13-30/h4-7,9,11H,1-3,8,10,12-18H2,(H,25,26,27). The van der Waals surface area contributed by atoms with Gasteiger partial charge < -0.3 is 15.1 Å². The van der Waals surface area contributed by atoms with Crippen molar-refractivity contribution in [2.45, 2.75) is 25.7 Å². The number of benzene rings is 1. The predicted molar refractivity (Wildman–Crippen MR) is 125 cm³/mol. The number of likely N-dealkylation sites (tertiary alicyclic amines) is 1. The number of carbonyl (C=O) groups excluding carboxylic acids is 1. The van der Waals surface area contributed by atoms with E-state index >= 15 is 0 Å². The van der Waals surface area contributed by atoms with Crippen LogP contribution in [0.2, 0.25) is 5.02 Å². The summed E-state index contributed by atoms with van der Waals surface area (Å²) in [5.41, 5.74) is 1.23. The van der Waals surface area contributed by atoms with Crippen LogP contribution in [0.3, 0.4) is 0 Å². The number of carbonyl (C=O) groups is 1. The van der Waals surface area contributed by atoms with E-state index < -0.39 is 0 Å². The van der Waals surface area contributed by atoms with Crippen molar-refractivity contribution >= 4 is 29.3 Å². The number of aromatic nitrogens is 2. The first-order valence-electron chi connectivity index (χ1n) is 11.2. The first kappa shape index (κ1) is 21.8. The van der Waals surface area contributed by atoms with Gasteiger partial charge in [0.2, 0.25) is 11.9 Å². The van der Waals surface area contributed by atoms with Crippen LogP contribution in [0.5, 0.6) is 0 Å². The van der Waals surface area contributed by atoms with E-state index in [1.807, 2.05) is 35.2 Å². The zero-order valence-electron chi connectivity index (χ0n) is 18.0. The summed E-state index contributed by atoms with van der Waals surface area (Å²) in [5, 5.41) is 4.07. The van der Waals surface area contributed by atoms with Crippen molar-refractivity contribution < 1.29 is 4.79 Å². The van der Waals surface area contributed by atoms with Gasteiger partial charge in [-0.1, -0.05) is 23.7 Å². The van der Waals surface area contributed by atoms with Crippen LogP contribution in [0.1, 0.15) is 24.8 Å². The SMILES string of the molecule is O=C(CN1CCN(c2ccnc(NCCc3ccc(Cl)cc3)n2)CC1)N1CCCCC1. The number of hydrogen-bond acceptors (Lipinski definition) is 6. The summed E-state index contributed by atoms with van der Waals surface area (Å²) >= 11 is 5.94. The molecule has 31 heavy (non-hydrogen) atoms. The average molecular weight is 443 g/mol. The van der Waals surface area contributed by atoms with E-state index in [4.69, 9.17) is 16.6 Å². The van der Waals surface area contributed by atoms with Crippen LogP contribution in [-0.2, 0) is 11.2 Å². The Morgan fingerprint density at radius 1 is 0.968 bits per heavy atom. The summed E-state index contributed by atoms with van der Waals surface area (Å²) in [6.45, 7) is 6.64. The Bertz CT molecular complexity index is 847. The molecule has 2 aliphatic heterocycles. The maximum absolute atomic E-state index is 12.5. The molecular weight excluding hydrogens is 412 g/mol. The van der Waals surface area contributed by atoms with Crippen LogP contribution in [-0.4, -0.2) is 78.0 Å². The van der Waals surface area contributed by atoms with E-state index in [9.17, 15) is 4.79 Å². The van der Waals surface area contributed by atoms with E-state index in [1.165, 1.54) is 12.0 Å². The van der Waals surface area contributed by atoms with Crippen molar-refractivity contribution in [1.82, 2.24) is 19.8 Å². The number of rotatable bonds is 7. The summed E-state index contributed by atoms with van der Waals surface area (Å²) < 4.78 is 0. The molecule has 1 aromatic heterocycles. The van der Waals surface area contributed by atoms with Crippen LogP contribution < -0.4 is 10.2 Å². The molecule has 0 aliphatic carbocycles. The number of hydrogen-bond donors (Lipinski definition) is 1. The van der Waals surface area contributed by atoms with Crippen molar-refractivity contribution in [3.8, 4) is 0 Å². The second-order valence-electron chi connectivity index (χ2n) is 8.25. The second kappa shape index (κ2) is 10.8. The molecule has 2 fully saturated rings.